The highest BCUT2D eigenvalue weighted by molar-refractivity contribution is 7.89. The van der Waals surface area contributed by atoms with Gasteiger partial charge in [-0.3, -0.25) is 15.5 Å². The number of nitrogens with zero attached hydrogens (tertiary/aromatic N) is 4. The summed E-state index contributed by atoms with van der Waals surface area (Å²) in [7, 11) is -1.91. The molecule has 30 heavy (non-hydrogen) atoms. The van der Waals surface area contributed by atoms with Crippen LogP contribution in [-0.2, 0) is 10.0 Å². The molecule has 1 aliphatic rings. The summed E-state index contributed by atoms with van der Waals surface area (Å²) >= 11 is 0. The molecule has 1 saturated heterocycles. The molecule has 1 aliphatic heterocycles. The van der Waals surface area contributed by atoms with Crippen molar-refractivity contribution < 1.29 is 13.3 Å². The molecule has 0 radical (unpaired) electrons. The molecule has 1 heterocycles. The molecule has 1 N–H and O–H groups in total. The van der Waals surface area contributed by atoms with Crippen LogP contribution in [0.3, 0.4) is 0 Å². The van der Waals surface area contributed by atoms with Gasteiger partial charge in [0.2, 0.25) is 10.0 Å². The van der Waals surface area contributed by atoms with Crippen LogP contribution >= 0.6 is 0 Å². The first-order valence-corrected chi connectivity index (χ1v) is 11.7. The molecule has 168 valence electrons. The van der Waals surface area contributed by atoms with Crippen molar-refractivity contribution >= 4 is 27.1 Å². The number of hydrogen-bond donors (Lipinski definition) is 1. The summed E-state index contributed by atoms with van der Waals surface area (Å²) in [6.45, 7) is 10.2. The summed E-state index contributed by atoms with van der Waals surface area (Å²) in [4.78, 5) is 12.8. The fraction of sp³-hybridized carbons (Fsp3) is 0.650. The minimum Gasteiger partial charge on any atom is -0.306 e. The lowest BCUT2D eigenvalue weighted by Crippen LogP contribution is -2.37. The monoisotopic (exact) mass is 439 g/mol. The number of nitrogens with one attached hydrogen (secondary N) is 1. The number of piperidine rings is 1. The maximum absolute atomic E-state index is 13.5. The summed E-state index contributed by atoms with van der Waals surface area (Å²) in [5, 5.41) is 15.7. The Morgan fingerprint density at radius 1 is 1.17 bits per heavy atom. The maximum Gasteiger partial charge on any atom is 0.270 e. The molecule has 0 bridgehead atoms. The van der Waals surface area contributed by atoms with Crippen LogP contribution in [-0.4, -0.2) is 61.5 Å². The quantitative estimate of drug-likeness (QED) is 0.467. The SMILES string of the molecule is CC(C)CN(CC(C)C)S(=O)(=O)c1cc([N+](=O)[O-])ccc1NN=C1CCN(C)CC1. The third-order valence-corrected chi connectivity index (χ3v) is 6.70. The van der Waals surface area contributed by atoms with Crippen molar-refractivity contribution in [1.82, 2.24) is 9.21 Å². The topological polar surface area (TPSA) is 108 Å². The molecule has 0 aliphatic carbocycles. The molecular weight excluding hydrogens is 406 g/mol. The predicted octanol–water partition coefficient (Wildman–Crippen LogP) is 3.39. The molecule has 1 fully saturated rings. The standard InChI is InChI=1S/C20H33N5O4S/c1-15(2)13-24(14-16(3)4)30(28,29)20-12-18(25(26)27)6-7-19(20)22-21-17-8-10-23(5)11-9-17/h6-7,12,15-16,22H,8-11,13-14H2,1-5H3. The lowest BCUT2D eigenvalue weighted by molar-refractivity contribution is -0.385. The molecular formula is C20H33N5O4S. The van der Waals surface area contributed by atoms with E-state index in [1.807, 2.05) is 34.7 Å². The number of hydrazone groups is 1. The van der Waals surface area contributed by atoms with Gasteiger partial charge >= 0.3 is 0 Å². The third-order valence-electron chi connectivity index (χ3n) is 4.83. The van der Waals surface area contributed by atoms with Crippen LogP contribution in [0, 0.1) is 22.0 Å². The number of rotatable bonds is 9. The largest absolute Gasteiger partial charge is 0.306 e. The number of hydrogen-bond acceptors (Lipinski definition) is 7. The van der Waals surface area contributed by atoms with Crippen LogP contribution in [0.25, 0.3) is 0 Å². The Kier molecular flexibility index (Phi) is 8.34. The van der Waals surface area contributed by atoms with Crippen LogP contribution in [0.5, 0.6) is 0 Å². The average Bonchev–Trinajstić information content (AvgIpc) is 2.66. The van der Waals surface area contributed by atoms with E-state index >= 15 is 0 Å². The predicted molar refractivity (Wildman–Crippen MR) is 119 cm³/mol. The highest BCUT2D eigenvalue weighted by Crippen LogP contribution is 2.30. The number of nitro benzene ring substituents is 1. The van der Waals surface area contributed by atoms with E-state index in [1.54, 1.807) is 0 Å². The average molecular weight is 440 g/mol. The van der Waals surface area contributed by atoms with E-state index in [9.17, 15) is 18.5 Å². The van der Waals surface area contributed by atoms with Gasteiger partial charge in [-0.2, -0.15) is 9.41 Å². The first-order valence-electron chi connectivity index (χ1n) is 10.3. The Bertz CT molecular complexity index is 863. The molecule has 0 aromatic heterocycles. The van der Waals surface area contributed by atoms with Crippen LogP contribution in [0.1, 0.15) is 40.5 Å². The smallest absolute Gasteiger partial charge is 0.270 e. The molecule has 0 amide bonds. The van der Waals surface area contributed by atoms with Crippen molar-refractivity contribution in [3.05, 3.63) is 28.3 Å². The molecule has 0 unspecified atom stereocenters. The van der Waals surface area contributed by atoms with Gasteiger partial charge in [-0.15, -0.1) is 0 Å². The van der Waals surface area contributed by atoms with Gasteiger partial charge in [0.15, 0.2) is 0 Å². The highest BCUT2D eigenvalue weighted by Gasteiger charge is 2.30. The lowest BCUT2D eigenvalue weighted by Gasteiger charge is -2.26. The van der Waals surface area contributed by atoms with Crippen LogP contribution in [0.4, 0.5) is 11.4 Å². The van der Waals surface area contributed by atoms with Crippen LogP contribution in [0.15, 0.2) is 28.2 Å². The first-order chi connectivity index (χ1) is 14.0. The maximum atomic E-state index is 13.5. The number of likely N-dealkylation sites (tertiary alicyclic amines) is 1. The Hall–Kier alpha value is -2.04. The summed E-state index contributed by atoms with van der Waals surface area (Å²) in [5.74, 6) is 0.237. The van der Waals surface area contributed by atoms with Crippen molar-refractivity contribution in [3.8, 4) is 0 Å². The second-order valence-electron chi connectivity index (χ2n) is 8.64. The summed E-state index contributed by atoms with van der Waals surface area (Å²) in [6, 6.07) is 3.85. The molecule has 1 aromatic carbocycles. The zero-order chi connectivity index (χ0) is 22.5. The van der Waals surface area contributed by atoms with Crippen molar-refractivity contribution in [2.24, 2.45) is 16.9 Å². The molecule has 2 rings (SSSR count). The van der Waals surface area contributed by atoms with Crippen molar-refractivity contribution in [3.63, 3.8) is 0 Å². The van der Waals surface area contributed by atoms with E-state index in [0.717, 1.165) is 37.7 Å². The summed E-state index contributed by atoms with van der Waals surface area (Å²) in [5.41, 5.74) is 3.82. The highest BCUT2D eigenvalue weighted by atomic mass is 32.2. The van der Waals surface area contributed by atoms with Crippen molar-refractivity contribution in [2.75, 3.05) is 38.7 Å². The van der Waals surface area contributed by atoms with E-state index in [4.69, 9.17) is 0 Å². The van der Waals surface area contributed by atoms with Gasteiger partial charge in [0.05, 0.1) is 10.6 Å². The fourth-order valence-corrected chi connectivity index (χ4v) is 5.21. The Morgan fingerprint density at radius 2 is 1.73 bits per heavy atom. The third kappa shape index (κ3) is 6.48. The summed E-state index contributed by atoms with van der Waals surface area (Å²) in [6.07, 6.45) is 1.59. The second-order valence-corrected chi connectivity index (χ2v) is 10.5. The van der Waals surface area contributed by atoms with Gasteiger partial charge in [0, 0.05) is 56.9 Å². The van der Waals surface area contributed by atoms with E-state index in [-0.39, 0.29) is 28.1 Å². The van der Waals surface area contributed by atoms with Crippen LogP contribution < -0.4 is 5.43 Å². The Labute approximate surface area is 179 Å². The zero-order valence-electron chi connectivity index (χ0n) is 18.5. The number of benzene rings is 1. The van der Waals surface area contributed by atoms with Gasteiger partial charge in [-0.05, 0) is 24.9 Å². The minimum absolute atomic E-state index is 0.115. The minimum atomic E-state index is -3.95. The van der Waals surface area contributed by atoms with Gasteiger partial charge in [0.25, 0.3) is 5.69 Å². The van der Waals surface area contributed by atoms with Crippen molar-refractivity contribution in [2.45, 2.75) is 45.4 Å². The normalized spacial score (nSPS) is 15.8. The second kappa shape index (κ2) is 10.3. The van der Waals surface area contributed by atoms with E-state index in [2.05, 4.69) is 15.4 Å². The first kappa shape index (κ1) is 24.2. The lowest BCUT2D eigenvalue weighted by atomic mass is 10.1. The van der Waals surface area contributed by atoms with Gasteiger partial charge in [-0.1, -0.05) is 27.7 Å². The van der Waals surface area contributed by atoms with E-state index < -0.39 is 14.9 Å². The van der Waals surface area contributed by atoms with E-state index in [1.165, 1.54) is 16.4 Å². The van der Waals surface area contributed by atoms with Gasteiger partial charge in [0.1, 0.15) is 4.90 Å². The number of sulfonamides is 1. The van der Waals surface area contributed by atoms with Gasteiger partial charge in [-0.25, -0.2) is 8.42 Å². The molecule has 0 atom stereocenters. The number of non-ortho nitro benzene ring substituents is 1. The summed E-state index contributed by atoms with van der Waals surface area (Å²) < 4.78 is 28.4. The number of anilines is 1. The molecule has 1 aromatic rings. The van der Waals surface area contributed by atoms with E-state index in [0.29, 0.717) is 13.1 Å². The molecule has 0 spiro atoms. The fourth-order valence-electron chi connectivity index (χ4n) is 3.28. The van der Waals surface area contributed by atoms with Gasteiger partial charge < -0.3 is 4.90 Å². The Morgan fingerprint density at radius 3 is 2.23 bits per heavy atom. The Balaban J connectivity index is 2.44. The number of nitro groups is 1. The van der Waals surface area contributed by atoms with Crippen LogP contribution in [0.2, 0.25) is 0 Å². The molecule has 9 nitrogen and oxygen atoms in total. The molecule has 0 saturated carbocycles. The van der Waals surface area contributed by atoms with Crippen molar-refractivity contribution in [1.29, 1.82) is 0 Å². The molecule has 10 heteroatoms. The zero-order valence-corrected chi connectivity index (χ0v) is 19.3.